The summed E-state index contributed by atoms with van der Waals surface area (Å²) in [5.74, 6) is 0.0987. The number of hydrogen-bond acceptors (Lipinski definition) is 1. The SMILES string of the molecule is Cc1cccc(NC(=O)CCCCBr)c1. The number of carbonyl (C=O) groups is 1. The van der Waals surface area contributed by atoms with Crippen molar-refractivity contribution in [2.45, 2.75) is 26.2 Å². The van der Waals surface area contributed by atoms with Crippen LogP contribution < -0.4 is 5.32 Å². The molecule has 1 N–H and O–H groups in total. The number of halogens is 1. The summed E-state index contributed by atoms with van der Waals surface area (Å²) in [6, 6.07) is 7.85. The summed E-state index contributed by atoms with van der Waals surface area (Å²) in [6.07, 6.45) is 2.57. The van der Waals surface area contributed by atoms with Crippen molar-refractivity contribution in [1.29, 1.82) is 0 Å². The second kappa shape index (κ2) is 6.62. The number of aryl methyl sites for hydroxylation is 1. The zero-order valence-electron chi connectivity index (χ0n) is 8.92. The predicted molar refractivity (Wildman–Crippen MR) is 67.5 cm³/mol. The molecule has 0 saturated carbocycles. The molecule has 0 unspecified atom stereocenters. The Morgan fingerprint density at radius 2 is 2.20 bits per heavy atom. The van der Waals surface area contributed by atoms with Gasteiger partial charge in [0.1, 0.15) is 0 Å². The van der Waals surface area contributed by atoms with Crippen LogP contribution >= 0.6 is 15.9 Å². The molecular weight excluding hydrogens is 254 g/mol. The molecule has 0 heterocycles. The quantitative estimate of drug-likeness (QED) is 0.644. The van der Waals surface area contributed by atoms with Gasteiger partial charge >= 0.3 is 0 Å². The molecule has 0 saturated heterocycles. The summed E-state index contributed by atoms with van der Waals surface area (Å²) >= 11 is 3.34. The highest BCUT2D eigenvalue weighted by atomic mass is 79.9. The molecule has 0 atom stereocenters. The number of hydrogen-bond donors (Lipinski definition) is 1. The lowest BCUT2D eigenvalue weighted by Gasteiger charge is -2.05. The monoisotopic (exact) mass is 269 g/mol. The first-order valence-corrected chi connectivity index (χ1v) is 6.27. The number of anilines is 1. The number of benzene rings is 1. The number of carbonyl (C=O) groups excluding carboxylic acids is 1. The maximum atomic E-state index is 11.5. The van der Waals surface area contributed by atoms with E-state index in [9.17, 15) is 4.79 Å². The van der Waals surface area contributed by atoms with E-state index >= 15 is 0 Å². The Morgan fingerprint density at radius 3 is 2.87 bits per heavy atom. The van der Waals surface area contributed by atoms with Gasteiger partial charge in [0.2, 0.25) is 5.91 Å². The summed E-state index contributed by atoms with van der Waals surface area (Å²) in [5.41, 5.74) is 2.05. The third-order valence-electron chi connectivity index (χ3n) is 2.09. The standard InChI is InChI=1S/C12H16BrNO/c1-10-5-4-6-11(9-10)14-12(15)7-2-3-8-13/h4-6,9H,2-3,7-8H2,1H3,(H,14,15). The average molecular weight is 270 g/mol. The Morgan fingerprint density at radius 1 is 1.40 bits per heavy atom. The van der Waals surface area contributed by atoms with E-state index in [1.165, 1.54) is 0 Å². The number of nitrogens with one attached hydrogen (secondary N) is 1. The number of amides is 1. The van der Waals surface area contributed by atoms with Crippen LogP contribution in [0, 0.1) is 6.92 Å². The van der Waals surface area contributed by atoms with Crippen molar-refractivity contribution in [2.24, 2.45) is 0 Å². The topological polar surface area (TPSA) is 29.1 Å². The molecule has 1 aromatic carbocycles. The van der Waals surface area contributed by atoms with Crippen LogP contribution in [0.3, 0.4) is 0 Å². The van der Waals surface area contributed by atoms with E-state index in [1.54, 1.807) is 0 Å². The van der Waals surface area contributed by atoms with Gasteiger partial charge in [-0.15, -0.1) is 0 Å². The van der Waals surface area contributed by atoms with Gasteiger partial charge in [-0.2, -0.15) is 0 Å². The zero-order chi connectivity index (χ0) is 11.1. The smallest absolute Gasteiger partial charge is 0.224 e. The van der Waals surface area contributed by atoms with Gasteiger partial charge in [0.25, 0.3) is 0 Å². The molecule has 0 aromatic heterocycles. The van der Waals surface area contributed by atoms with E-state index in [-0.39, 0.29) is 5.91 Å². The lowest BCUT2D eigenvalue weighted by molar-refractivity contribution is -0.116. The lowest BCUT2D eigenvalue weighted by atomic mass is 10.2. The van der Waals surface area contributed by atoms with Crippen molar-refractivity contribution in [1.82, 2.24) is 0 Å². The maximum absolute atomic E-state index is 11.5. The van der Waals surface area contributed by atoms with Gasteiger partial charge in [-0.05, 0) is 37.5 Å². The first-order valence-electron chi connectivity index (χ1n) is 5.15. The van der Waals surface area contributed by atoms with Crippen LogP contribution in [-0.4, -0.2) is 11.2 Å². The highest BCUT2D eigenvalue weighted by Gasteiger charge is 2.01. The van der Waals surface area contributed by atoms with Gasteiger partial charge < -0.3 is 5.32 Å². The van der Waals surface area contributed by atoms with Gasteiger partial charge in [-0.25, -0.2) is 0 Å². The van der Waals surface area contributed by atoms with Crippen LogP contribution in [0.1, 0.15) is 24.8 Å². The Labute approximate surface area is 99.2 Å². The van der Waals surface area contributed by atoms with E-state index in [0.717, 1.165) is 29.4 Å². The van der Waals surface area contributed by atoms with Crippen molar-refractivity contribution < 1.29 is 4.79 Å². The molecule has 15 heavy (non-hydrogen) atoms. The predicted octanol–water partition coefficient (Wildman–Crippen LogP) is 3.50. The normalized spacial score (nSPS) is 10.0. The Kier molecular flexibility index (Phi) is 5.40. The van der Waals surface area contributed by atoms with Crippen molar-refractivity contribution in [3.63, 3.8) is 0 Å². The largest absolute Gasteiger partial charge is 0.326 e. The fourth-order valence-electron chi connectivity index (χ4n) is 1.33. The Balaban J connectivity index is 2.37. The molecule has 1 amide bonds. The molecule has 82 valence electrons. The Bertz CT molecular complexity index is 325. The molecule has 0 bridgehead atoms. The molecule has 0 aliphatic rings. The van der Waals surface area contributed by atoms with Crippen LogP contribution in [0.15, 0.2) is 24.3 Å². The van der Waals surface area contributed by atoms with E-state index in [0.29, 0.717) is 6.42 Å². The maximum Gasteiger partial charge on any atom is 0.224 e. The second-order valence-electron chi connectivity index (χ2n) is 3.56. The van der Waals surface area contributed by atoms with Gasteiger partial charge in [-0.1, -0.05) is 28.1 Å². The Hall–Kier alpha value is -0.830. The molecule has 0 aliphatic heterocycles. The van der Waals surface area contributed by atoms with Gasteiger partial charge in [0.15, 0.2) is 0 Å². The minimum absolute atomic E-state index is 0.0987. The van der Waals surface area contributed by atoms with E-state index in [1.807, 2.05) is 31.2 Å². The second-order valence-corrected chi connectivity index (χ2v) is 4.36. The van der Waals surface area contributed by atoms with Crippen LogP contribution in [0.5, 0.6) is 0 Å². The number of unbranched alkanes of at least 4 members (excludes halogenated alkanes) is 1. The summed E-state index contributed by atoms with van der Waals surface area (Å²) in [4.78, 5) is 11.5. The van der Waals surface area contributed by atoms with Crippen molar-refractivity contribution >= 4 is 27.5 Å². The first kappa shape index (κ1) is 12.2. The zero-order valence-corrected chi connectivity index (χ0v) is 10.5. The van der Waals surface area contributed by atoms with Crippen LogP contribution in [0.25, 0.3) is 0 Å². The van der Waals surface area contributed by atoms with Gasteiger partial charge in [0, 0.05) is 17.4 Å². The van der Waals surface area contributed by atoms with Gasteiger partial charge in [0.05, 0.1) is 0 Å². The number of rotatable bonds is 5. The lowest BCUT2D eigenvalue weighted by Crippen LogP contribution is -2.11. The van der Waals surface area contributed by atoms with E-state index in [4.69, 9.17) is 0 Å². The molecule has 0 spiro atoms. The van der Waals surface area contributed by atoms with Crippen molar-refractivity contribution in [2.75, 3.05) is 10.6 Å². The van der Waals surface area contributed by atoms with Gasteiger partial charge in [-0.3, -0.25) is 4.79 Å². The molecule has 0 radical (unpaired) electrons. The third-order valence-corrected chi connectivity index (χ3v) is 2.65. The highest BCUT2D eigenvalue weighted by Crippen LogP contribution is 2.10. The highest BCUT2D eigenvalue weighted by molar-refractivity contribution is 9.09. The number of alkyl halides is 1. The summed E-state index contributed by atoms with van der Waals surface area (Å²) in [5, 5.41) is 3.85. The van der Waals surface area contributed by atoms with E-state index in [2.05, 4.69) is 21.2 Å². The molecule has 0 aliphatic carbocycles. The average Bonchev–Trinajstić information content (AvgIpc) is 2.18. The van der Waals surface area contributed by atoms with Crippen LogP contribution in [0.4, 0.5) is 5.69 Å². The van der Waals surface area contributed by atoms with Crippen molar-refractivity contribution in [3.8, 4) is 0 Å². The third kappa shape index (κ3) is 4.98. The fourth-order valence-corrected chi connectivity index (χ4v) is 1.72. The molecule has 1 aromatic rings. The molecular formula is C12H16BrNO. The molecule has 3 heteroatoms. The fraction of sp³-hybridized carbons (Fsp3) is 0.417. The van der Waals surface area contributed by atoms with E-state index < -0.39 is 0 Å². The minimum Gasteiger partial charge on any atom is -0.326 e. The summed E-state index contributed by atoms with van der Waals surface area (Å²) < 4.78 is 0. The van der Waals surface area contributed by atoms with Crippen LogP contribution in [0.2, 0.25) is 0 Å². The van der Waals surface area contributed by atoms with Crippen LogP contribution in [-0.2, 0) is 4.79 Å². The molecule has 1 rings (SSSR count). The summed E-state index contributed by atoms with van der Waals surface area (Å²) in [6.45, 7) is 2.01. The minimum atomic E-state index is 0.0987. The first-order chi connectivity index (χ1) is 7.22. The van der Waals surface area contributed by atoms with Crippen molar-refractivity contribution in [3.05, 3.63) is 29.8 Å². The molecule has 2 nitrogen and oxygen atoms in total. The summed E-state index contributed by atoms with van der Waals surface area (Å²) in [7, 11) is 0. The molecule has 0 fully saturated rings.